The Bertz CT molecular complexity index is 912. The first kappa shape index (κ1) is 18.9. The zero-order valence-electron chi connectivity index (χ0n) is 14.3. The van der Waals surface area contributed by atoms with Crippen molar-refractivity contribution in [3.63, 3.8) is 0 Å². The number of pyridine rings is 1. The highest BCUT2D eigenvalue weighted by Crippen LogP contribution is 2.50. The van der Waals surface area contributed by atoms with Gasteiger partial charge < -0.3 is 15.3 Å². The van der Waals surface area contributed by atoms with Crippen LogP contribution in [-0.2, 0) is 20.9 Å². The summed E-state index contributed by atoms with van der Waals surface area (Å²) in [7, 11) is 0. The van der Waals surface area contributed by atoms with Crippen molar-refractivity contribution in [2.45, 2.75) is 42.6 Å². The lowest BCUT2D eigenvalue weighted by atomic mass is 9.96. The van der Waals surface area contributed by atoms with Gasteiger partial charge in [0.15, 0.2) is 0 Å². The largest absolute Gasteiger partial charge is 0.480 e. The van der Waals surface area contributed by atoms with Crippen LogP contribution in [0.1, 0.15) is 13.8 Å². The summed E-state index contributed by atoms with van der Waals surface area (Å²) in [5.41, 5.74) is -0.940. The minimum Gasteiger partial charge on any atom is -0.480 e. The molecule has 3 heterocycles. The van der Waals surface area contributed by atoms with E-state index < -0.39 is 57.0 Å². The number of thioether (sulfide) groups is 1. The molecule has 2 aliphatic heterocycles. The molecule has 2 amide bonds. The number of carboxylic acid groups (broad SMARTS) is 1. The molecule has 0 saturated carbocycles. The van der Waals surface area contributed by atoms with Crippen LogP contribution in [0.4, 0.5) is 5.69 Å². The summed E-state index contributed by atoms with van der Waals surface area (Å²) in [6, 6.07) is 0.120. The number of carboxylic acids is 1. The monoisotopic (exact) mass is 396 g/mol. The molecule has 0 aromatic carbocycles. The van der Waals surface area contributed by atoms with Gasteiger partial charge in [0.1, 0.15) is 24.0 Å². The summed E-state index contributed by atoms with van der Waals surface area (Å²) in [5, 5.41) is 22.1. The van der Waals surface area contributed by atoms with Crippen molar-refractivity contribution in [1.82, 2.24) is 14.8 Å². The highest BCUT2D eigenvalue weighted by atomic mass is 32.2. The number of carbonyl (C=O) groups excluding carboxylic acids is 2. The van der Waals surface area contributed by atoms with Gasteiger partial charge in [0.05, 0.1) is 11.1 Å². The Labute approximate surface area is 156 Å². The zero-order chi connectivity index (χ0) is 20.1. The standard InChI is InChI=1S/C15H16N4O7S/c1-15(2)11(14(23)24)18-12(22)10(13(18)27-15)16-8(20)6-17-5-7(19(25)26)3-4-9(17)21/h3-5,10-11,13H,6H2,1-2H3,(H,16,20)(H,23,24). The van der Waals surface area contributed by atoms with Gasteiger partial charge in [-0.05, 0) is 13.8 Å². The maximum atomic E-state index is 12.3. The molecule has 3 rings (SSSR count). The molecule has 3 atom stereocenters. The van der Waals surface area contributed by atoms with Crippen molar-refractivity contribution >= 4 is 35.2 Å². The highest BCUT2D eigenvalue weighted by Gasteiger charge is 2.64. The Balaban J connectivity index is 1.71. The Hall–Kier alpha value is -2.89. The van der Waals surface area contributed by atoms with Gasteiger partial charge in [-0.3, -0.25) is 29.1 Å². The predicted octanol–water partition coefficient (Wildman–Crippen LogP) is -0.612. The van der Waals surface area contributed by atoms with E-state index in [1.165, 1.54) is 16.7 Å². The lowest BCUT2D eigenvalue weighted by Crippen LogP contribution is -2.70. The minimum absolute atomic E-state index is 0.342. The number of aromatic nitrogens is 1. The van der Waals surface area contributed by atoms with Crippen LogP contribution in [0.25, 0.3) is 0 Å². The Morgan fingerprint density at radius 2 is 2.04 bits per heavy atom. The third-order valence-corrected chi connectivity index (χ3v) is 6.06. The molecule has 2 fully saturated rings. The molecule has 2 aliphatic rings. The van der Waals surface area contributed by atoms with Crippen LogP contribution < -0.4 is 10.9 Å². The average Bonchev–Trinajstić information content (AvgIpc) is 2.82. The number of nitrogens with one attached hydrogen (secondary N) is 1. The number of carbonyl (C=O) groups is 3. The molecule has 2 saturated heterocycles. The van der Waals surface area contributed by atoms with Gasteiger partial charge in [-0.15, -0.1) is 11.8 Å². The summed E-state index contributed by atoms with van der Waals surface area (Å²) in [6.45, 7) is 2.93. The van der Waals surface area contributed by atoms with E-state index in [2.05, 4.69) is 5.32 Å². The number of hydrogen-bond acceptors (Lipinski definition) is 7. The number of β-lactam (4-membered cyclic amide) rings is 1. The normalized spacial score (nSPS) is 25.5. The third-order valence-electron chi connectivity index (χ3n) is 4.48. The van der Waals surface area contributed by atoms with Gasteiger partial charge in [-0.25, -0.2) is 4.79 Å². The maximum absolute atomic E-state index is 12.3. The number of aliphatic carboxylic acids is 1. The molecule has 0 spiro atoms. The van der Waals surface area contributed by atoms with Crippen LogP contribution in [0.15, 0.2) is 23.1 Å². The van der Waals surface area contributed by atoms with Gasteiger partial charge in [0, 0.05) is 16.9 Å². The van der Waals surface area contributed by atoms with Crippen molar-refractivity contribution in [2.24, 2.45) is 0 Å². The molecule has 0 bridgehead atoms. The first-order valence-corrected chi connectivity index (χ1v) is 8.78. The smallest absolute Gasteiger partial charge is 0.327 e. The molecule has 2 N–H and O–H groups in total. The Morgan fingerprint density at radius 1 is 1.37 bits per heavy atom. The number of amides is 2. The van der Waals surface area contributed by atoms with Gasteiger partial charge in [-0.1, -0.05) is 0 Å². The van der Waals surface area contributed by atoms with E-state index in [1.807, 2.05) is 0 Å². The number of nitrogens with zero attached hydrogens (tertiary/aromatic N) is 3. The summed E-state index contributed by atoms with van der Waals surface area (Å²) in [5.74, 6) is -2.30. The van der Waals surface area contributed by atoms with Crippen LogP contribution in [0.5, 0.6) is 0 Å². The van der Waals surface area contributed by atoms with E-state index in [-0.39, 0.29) is 5.69 Å². The van der Waals surface area contributed by atoms with Gasteiger partial charge in [0.2, 0.25) is 11.8 Å². The molecule has 11 nitrogen and oxygen atoms in total. The second-order valence-corrected chi connectivity index (χ2v) is 8.52. The van der Waals surface area contributed by atoms with E-state index >= 15 is 0 Å². The molecule has 12 heteroatoms. The van der Waals surface area contributed by atoms with Gasteiger partial charge in [0.25, 0.3) is 11.2 Å². The first-order valence-electron chi connectivity index (χ1n) is 7.90. The fourth-order valence-corrected chi connectivity index (χ4v) is 4.89. The molecule has 1 aromatic rings. The minimum atomic E-state index is -1.11. The Kier molecular flexibility index (Phi) is 4.46. The molecule has 1 aromatic heterocycles. The number of rotatable bonds is 5. The fourth-order valence-electron chi connectivity index (χ4n) is 3.27. The fraction of sp³-hybridized carbons (Fsp3) is 0.467. The summed E-state index contributed by atoms with van der Waals surface area (Å²) >= 11 is 1.28. The van der Waals surface area contributed by atoms with E-state index in [1.54, 1.807) is 13.8 Å². The van der Waals surface area contributed by atoms with Crippen molar-refractivity contribution in [3.05, 3.63) is 38.8 Å². The molecule has 27 heavy (non-hydrogen) atoms. The predicted molar refractivity (Wildman–Crippen MR) is 93.0 cm³/mol. The molecule has 144 valence electrons. The third kappa shape index (κ3) is 3.16. The van der Waals surface area contributed by atoms with Crippen molar-refractivity contribution in [2.75, 3.05) is 0 Å². The summed E-state index contributed by atoms with van der Waals surface area (Å²) in [4.78, 5) is 59.1. The van der Waals surface area contributed by atoms with Crippen LogP contribution in [-0.4, -0.2) is 59.5 Å². The SMILES string of the molecule is CC1(C)SC2C(NC(=O)Cn3cc([N+](=O)[O-])ccc3=O)C(=O)N2C1C(=O)O. The van der Waals surface area contributed by atoms with Crippen LogP contribution in [0.2, 0.25) is 0 Å². The summed E-state index contributed by atoms with van der Waals surface area (Å²) < 4.78 is 0.156. The van der Waals surface area contributed by atoms with E-state index in [9.17, 15) is 34.4 Å². The number of hydrogen-bond donors (Lipinski definition) is 2. The average molecular weight is 396 g/mol. The topological polar surface area (TPSA) is 152 Å². The summed E-state index contributed by atoms with van der Waals surface area (Å²) in [6.07, 6.45) is 0.949. The van der Waals surface area contributed by atoms with E-state index in [0.717, 1.165) is 22.9 Å². The molecular weight excluding hydrogens is 380 g/mol. The molecule has 0 aliphatic carbocycles. The lowest BCUT2D eigenvalue weighted by molar-refractivity contribution is -0.385. The highest BCUT2D eigenvalue weighted by molar-refractivity contribution is 8.01. The zero-order valence-corrected chi connectivity index (χ0v) is 15.1. The Morgan fingerprint density at radius 3 is 2.63 bits per heavy atom. The molecule has 0 radical (unpaired) electrons. The van der Waals surface area contributed by atoms with Crippen molar-refractivity contribution < 1.29 is 24.4 Å². The maximum Gasteiger partial charge on any atom is 0.327 e. The first-order chi connectivity index (χ1) is 12.5. The second-order valence-electron chi connectivity index (χ2n) is 6.75. The quantitative estimate of drug-likeness (QED) is 0.380. The molecular formula is C15H16N4O7S. The van der Waals surface area contributed by atoms with Gasteiger partial charge >= 0.3 is 5.97 Å². The van der Waals surface area contributed by atoms with E-state index in [0.29, 0.717) is 0 Å². The van der Waals surface area contributed by atoms with Crippen LogP contribution >= 0.6 is 11.8 Å². The van der Waals surface area contributed by atoms with Crippen LogP contribution in [0.3, 0.4) is 0 Å². The van der Waals surface area contributed by atoms with Crippen LogP contribution in [0, 0.1) is 10.1 Å². The number of nitro groups is 1. The lowest BCUT2D eigenvalue weighted by Gasteiger charge is -2.43. The van der Waals surface area contributed by atoms with Crippen molar-refractivity contribution in [1.29, 1.82) is 0 Å². The van der Waals surface area contributed by atoms with Crippen molar-refractivity contribution in [3.8, 4) is 0 Å². The van der Waals surface area contributed by atoms with E-state index in [4.69, 9.17) is 0 Å². The van der Waals surface area contributed by atoms with Gasteiger partial charge in [-0.2, -0.15) is 0 Å². The second kappa shape index (κ2) is 6.37. The molecule has 3 unspecified atom stereocenters. The number of fused-ring (bicyclic) bond motifs is 1.